The molecular weight excluding hydrogens is 249 g/mol. The molecule has 2 aromatic heterocycles. The first kappa shape index (κ1) is 12.0. The molecule has 0 atom stereocenters. The number of aromatic nitrogens is 4. The number of hydrogen-bond donors (Lipinski definition) is 2. The van der Waals surface area contributed by atoms with E-state index in [1.807, 2.05) is 0 Å². The van der Waals surface area contributed by atoms with Gasteiger partial charge < -0.3 is 11.5 Å². The number of nitrogen functional groups attached to an aromatic ring is 2. The Labute approximate surface area is 98.9 Å². The van der Waals surface area contributed by atoms with E-state index in [1.165, 1.54) is 6.07 Å². The Balaban J connectivity index is 2.51. The van der Waals surface area contributed by atoms with Gasteiger partial charge in [-0.2, -0.15) is 28.1 Å². The molecule has 0 saturated carbocycles. The van der Waals surface area contributed by atoms with Crippen LogP contribution in [0.15, 0.2) is 18.3 Å². The van der Waals surface area contributed by atoms with Crippen LogP contribution in [0.5, 0.6) is 0 Å². The summed E-state index contributed by atoms with van der Waals surface area (Å²) in [5.41, 5.74) is 9.75. The molecule has 0 unspecified atom stereocenters. The van der Waals surface area contributed by atoms with Crippen molar-refractivity contribution in [1.29, 1.82) is 0 Å². The topological polar surface area (TPSA) is 104 Å². The number of rotatable bonds is 1. The Morgan fingerprint density at radius 2 is 1.61 bits per heavy atom. The third-order valence-corrected chi connectivity index (χ3v) is 1.98. The minimum absolute atomic E-state index is 0.0344. The lowest BCUT2D eigenvalue weighted by Gasteiger charge is -2.07. The second kappa shape index (κ2) is 4.09. The molecule has 0 aliphatic rings. The largest absolute Gasteiger partial charge is 0.433 e. The van der Waals surface area contributed by atoms with Gasteiger partial charge in [-0.1, -0.05) is 0 Å². The van der Waals surface area contributed by atoms with E-state index < -0.39 is 11.9 Å². The van der Waals surface area contributed by atoms with Gasteiger partial charge in [-0.25, -0.2) is 0 Å². The predicted molar refractivity (Wildman–Crippen MR) is 56.9 cm³/mol. The minimum Gasteiger partial charge on any atom is -0.368 e. The van der Waals surface area contributed by atoms with Crippen LogP contribution in [0, 0.1) is 0 Å². The summed E-state index contributed by atoms with van der Waals surface area (Å²) in [6, 6.07) is 2.14. The molecule has 6 nitrogen and oxygen atoms in total. The van der Waals surface area contributed by atoms with Gasteiger partial charge in [0.1, 0.15) is 5.69 Å². The molecule has 0 saturated heterocycles. The molecule has 4 N–H and O–H groups in total. The van der Waals surface area contributed by atoms with E-state index in [0.29, 0.717) is 0 Å². The van der Waals surface area contributed by atoms with Crippen molar-refractivity contribution in [2.75, 3.05) is 11.5 Å². The number of anilines is 2. The molecule has 94 valence electrons. The van der Waals surface area contributed by atoms with Gasteiger partial charge in [0.25, 0.3) is 0 Å². The molecule has 2 rings (SSSR count). The molecule has 0 spiro atoms. The lowest BCUT2D eigenvalue weighted by atomic mass is 10.2. The van der Waals surface area contributed by atoms with Crippen LogP contribution in [0.3, 0.4) is 0 Å². The number of hydrogen-bond acceptors (Lipinski definition) is 6. The maximum atomic E-state index is 12.5. The van der Waals surface area contributed by atoms with E-state index in [2.05, 4.69) is 19.9 Å². The molecule has 0 bridgehead atoms. The second-order valence-electron chi connectivity index (χ2n) is 3.30. The highest BCUT2D eigenvalue weighted by Crippen LogP contribution is 2.29. The van der Waals surface area contributed by atoms with Crippen LogP contribution in [-0.4, -0.2) is 19.9 Å². The highest BCUT2D eigenvalue weighted by Gasteiger charge is 2.32. The summed E-state index contributed by atoms with van der Waals surface area (Å²) in [5.74, 6) is -0.362. The fourth-order valence-electron chi connectivity index (χ4n) is 1.26. The molecular formula is C9H7F3N6. The highest BCUT2D eigenvalue weighted by atomic mass is 19.4. The molecule has 0 aromatic carbocycles. The summed E-state index contributed by atoms with van der Waals surface area (Å²) in [6.45, 7) is 0. The third-order valence-electron chi connectivity index (χ3n) is 1.98. The Morgan fingerprint density at radius 3 is 2.17 bits per heavy atom. The van der Waals surface area contributed by atoms with Crippen molar-refractivity contribution in [2.45, 2.75) is 6.18 Å². The predicted octanol–water partition coefficient (Wildman–Crippen LogP) is 1.12. The van der Waals surface area contributed by atoms with Crippen molar-refractivity contribution in [3.8, 4) is 11.4 Å². The zero-order valence-electron chi connectivity index (χ0n) is 8.81. The Morgan fingerprint density at radius 1 is 1.00 bits per heavy atom. The van der Waals surface area contributed by atoms with Crippen LogP contribution < -0.4 is 11.5 Å². The van der Waals surface area contributed by atoms with Gasteiger partial charge in [-0.3, -0.25) is 4.98 Å². The van der Waals surface area contributed by atoms with Crippen molar-refractivity contribution < 1.29 is 13.2 Å². The summed E-state index contributed by atoms with van der Waals surface area (Å²) in [5, 5.41) is 0. The average molecular weight is 256 g/mol. The fraction of sp³-hybridized carbons (Fsp3) is 0.111. The van der Waals surface area contributed by atoms with E-state index in [9.17, 15) is 13.2 Å². The SMILES string of the molecule is Nc1nc(N)nc(-c2ccnc(C(F)(F)F)c2)n1. The Hall–Kier alpha value is -2.45. The zero-order valence-corrected chi connectivity index (χ0v) is 8.81. The first-order chi connectivity index (χ1) is 8.36. The molecule has 0 aliphatic heterocycles. The van der Waals surface area contributed by atoms with Crippen LogP contribution in [0.1, 0.15) is 5.69 Å². The van der Waals surface area contributed by atoms with Crippen molar-refractivity contribution in [3.05, 3.63) is 24.0 Å². The second-order valence-corrected chi connectivity index (χ2v) is 3.30. The molecule has 18 heavy (non-hydrogen) atoms. The molecule has 2 aromatic rings. The number of nitrogens with two attached hydrogens (primary N) is 2. The highest BCUT2D eigenvalue weighted by molar-refractivity contribution is 5.57. The minimum atomic E-state index is -4.54. The van der Waals surface area contributed by atoms with E-state index in [0.717, 1.165) is 12.3 Å². The number of alkyl halides is 3. The quantitative estimate of drug-likeness (QED) is 0.792. The summed E-state index contributed by atoms with van der Waals surface area (Å²) < 4.78 is 37.4. The van der Waals surface area contributed by atoms with Crippen LogP contribution in [0.4, 0.5) is 25.1 Å². The first-order valence-corrected chi connectivity index (χ1v) is 4.67. The normalized spacial score (nSPS) is 11.5. The molecule has 0 amide bonds. The Kier molecular flexibility index (Phi) is 2.73. The van der Waals surface area contributed by atoms with Crippen LogP contribution in [-0.2, 0) is 6.18 Å². The molecule has 0 aliphatic carbocycles. The van der Waals surface area contributed by atoms with Gasteiger partial charge in [-0.05, 0) is 12.1 Å². The monoisotopic (exact) mass is 256 g/mol. The lowest BCUT2D eigenvalue weighted by Crippen LogP contribution is -2.08. The van der Waals surface area contributed by atoms with E-state index in [-0.39, 0.29) is 23.3 Å². The van der Waals surface area contributed by atoms with E-state index in [4.69, 9.17) is 11.5 Å². The smallest absolute Gasteiger partial charge is 0.368 e. The zero-order chi connectivity index (χ0) is 13.3. The lowest BCUT2D eigenvalue weighted by molar-refractivity contribution is -0.141. The van der Waals surface area contributed by atoms with Crippen LogP contribution in [0.25, 0.3) is 11.4 Å². The number of pyridine rings is 1. The standard InChI is InChI=1S/C9H7F3N6/c10-9(11,12)5-3-4(1-2-15-5)6-16-7(13)18-8(14)17-6/h1-3H,(H4,13,14,16,17,18). The van der Waals surface area contributed by atoms with Crippen molar-refractivity contribution in [1.82, 2.24) is 19.9 Å². The van der Waals surface area contributed by atoms with E-state index in [1.54, 1.807) is 0 Å². The summed E-state index contributed by atoms with van der Waals surface area (Å²) >= 11 is 0. The maximum Gasteiger partial charge on any atom is 0.433 e. The van der Waals surface area contributed by atoms with Gasteiger partial charge in [-0.15, -0.1) is 0 Å². The van der Waals surface area contributed by atoms with Gasteiger partial charge >= 0.3 is 6.18 Å². The number of nitrogens with zero attached hydrogens (tertiary/aromatic N) is 4. The van der Waals surface area contributed by atoms with Crippen molar-refractivity contribution in [2.24, 2.45) is 0 Å². The fourth-order valence-corrected chi connectivity index (χ4v) is 1.26. The summed E-state index contributed by atoms with van der Waals surface area (Å²) in [4.78, 5) is 14.2. The van der Waals surface area contributed by atoms with Gasteiger partial charge in [0.15, 0.2) is 5.82 Å². The molecule has 0 radical (unpaired) electrons. The first-order valence-electron chi connectivity index (χ1n) is 4.67. The van der Waals surface area contributed by atoms with Gasteiger partial charge in [0.05, 0.1) is 0 Å². The summed E-state index contributed by atoms with van der Waals surface area (Å²) in [6.07, 6.45) is -3.53. The Bertz CT molecular complexity index is 563. The maximum absolute atomic E-state index is 12.5. The van der Waals surface area contributed by atoms with E-state index >= 15 is 0 Å². The molecule has 9 heteroatoms. The third kappa shape index (κ3) is 2.44. The van der Waals surface area contributed by atoms with Gasteiger partial charge in [0.2, 0.25) is 11.9 Å². The van der Waals surface area contributed by atoms with Crippen LogP contribution in [0.2, 0.25) is 0 Å². The van der Waals surface area contributed by atoms with Crippen LogP contribution >= 0.6 is 0 Å². The average Bonchev–Trinajstić information content (AvgIpc) is 2.27. The van der Waals surface area contributed by atoms with Crippen molar-refractivity contribution >= 4 is 11.9 Å². The van der Waals surface area contributed by atoms with Crippen molar-refractivity contribution in [3.63, 3.8) is 0 Å². The molecule has 0 fully saturated rings. The van der Waals surface area contributed by atoms with Gasteiger partial charge in [0, 0.05) is 11.8 Å². The number of halogens is 3. The molecule has 2 heterocycles. The summed E-state index contributed by atoms with van der Waals surface area (Å²) in [7, 11) is 0.